The van der Waals surface area contributed by atoms with Crippen LogP contribution < -0.4 is 9.64 Å². The third-order valence-electron chi connectivity index (χ3n) is 7.04. The van der Waals surface area contributed by atoms with Gasteiger partial charge < -0.3 is 9.47 Å². The minimum atomic E-state index is -1.11. The van der Waals surface area contributed by atoms with E-state index in [0.29, 0.717) is 23.1 Å². The number of nitrogens with zero attached hydrogens (tertiary/aromatic N) is 1. The van der Waals surface area contributed by atoms with Gasteiger partial charge in [0.15, 0.2) is 5.78 Å². The quantitative estimate of drug-likeness (QED) is 0.296. The molecule has 0 bridgehead atoms. The first-order chi connectivity index (χ1) is 18.3. The molecule has 2 aliphatic rings. The number of ether oxygens (including phenoxy) is 2. The Morgan fingerprint density at radius 1 is 1.08 bits per heavy atom. The van der Waals surface area contributed by atoms with Crippen LogP contribution in [0.5, 0.6) is 5.75 Å². The maximum Gasteiger partial charge on any atom is 0.317 e. The van der Waals surface area contributed by atoms with Crippen LogP contribution in [0, 0.1) is 17.6 Å². The summed E-state index contributed by atoms with van der Waals surface area (Å²) in [5, 5.41) is 1.84. The lowest BCUT2D eigenvalue weighted by Crippen LogP contribution is -2.46. The van der Waals surface area contributed by atoms with Crippen LogP contribution in [0.3, 0.4) is 0 Å². The minimum absolute atomic E-state index is 0.110. The second kappa shape index (κ2) is 10.5. The lowest BCUT2D eigenvalue weighted by molar-refractivity contribution is -0.152. The van der Waals surface area contributed by atoms with Crippen molar-refractivity contribution in [1.29, 1.82) is 0 Å². The molecule has 9 heteroatoms. The molecule has 0 spiro atoms. The van der Waals surface area contributed by atoms with Gasteiger partial charge >= 0.3 is 5.97 Å². The number of carbonyl (C=O) groups excluding carboxylic acids is 3. The molecule has 0 N–H and O–H groups in total. The van der Waals surface area contributed by atoms with E-state index in [0.717, 1.165) is 10.9 Å². The van der Waals surface area contributed by atoms with Crippen molar-refractivity contribution >= 4 is 34.7 Å². The highest BCUT2D eigenvalue weighted by Crippen LogP contribution is 2.50. The molecule has 0 fully saturated rings. The summed E-state index contributed by atoms with van der Waals surface area (Å²) in [6.07, 6.45) is -0.00673. The van der Waals surface area contributed by atoms with Gasteiger partial charge in [-0.3, -0.25) is 19.3 Å². The van der Waals surface area contributed by atoms with Gasteiger partial charge in [0, 0.05) is 40.5 Å². The van der Waals surface area contributed by atoms with Gasteiger partial charge in [0.05, 0.1) is 19.4 Å². The van der Waals surface area contributed by atoms with Crippen LogP contribution in [0.25, 0.3) is 0 Å². The lowest BCUT2D eigenvalue weighted by Gasteiger charge is -2.42. The van der Waals surface area contributed by atoms with Crippen LogP contribution in [-0.2, 0) is 19.1 Å². The van der Waals surface area contributed by atoms with Crippen LogP contribution in [0.1, 0.15) is 42.0 Å². The first-order valence-electron chi connectivity index (χ1n) is 12.2. The molecule has 2 heterocycles. The Hall–Kier alpha value is -3.85. The average Bonchev–Trinajstić information content (AvgIpc) is 3.44. The lowest BCUT2D eigenvalue weighted by atomic mass is 9.69. The molecule has 0 saturated heterocycles. The van der Waals surface area contributed by atoms with Crippen molar-refractivity contribution in [3.05, 3.63) is 93.3 Å². The number of halogens is 2. The third kappa shape index (κ3) is 4.51. The molecule has 1 amide bonds. The Labute approximate surface area is 222 Å². The molecule has 3 aromatic rings. The highest BCUT2D eigenvalue weighted by Gasteiger charge is 2.50. The van der Waals surface area contributed by atoms with Crippen LogP contribution in [-0.4, -0.2) is 31.4 Å². The third-order valence-corrected chi connectivity index (χ3v) is 8.04. The van der Waals surface area contributed by atoms with Crippen molar-refractivity contribution in [3.63, 3.8) is 0 Å². The van der Waals surface area contributed by atoms with E-state index in [4.69, 9.17) is 9.47 Å². The standard InChI is InChI=1S/C29H25F2NO5S/c1-3-37-29(35)27-20(24-5-4-12-38-24)14-23-26(28(27)34)19(16-6-9-18(36-2)10-7-16)15-25(33)32(23)22-11-8-17(30)13-21(22)31/h4-13,19-20,27H,3,14-15H2,1-2H3/t19-,20+,27+/m1/s1. The Balaban J connectivity index is 1.72. The largest absolute Gasteiger partial charge is 0.497 e. The number of benzene rings is 2. The SMILES string of the molecule is CCOC(=O)[C@@H]1C(=O)C2=C(C[C@H]1c1cccs1)N(c1ccc(F)cc1F)C(=O)C[C@@H]2c1ccc(OC)cc1. The Kier molecular flexibility index (Phi) is 7.12. The summed E-state index contributed by atoms with van der Waals surface area (Å²) < 4.78 is 39.3. The van der Waals surface area contributed by atoms with Gasteiger partial charge in [-0.15, -0.1) is 11.3 Å². The second-order valence-electron chi connectivity index (χ2n) is 9.14. The fourth-order valence-corrected chi connectivity index (χ4v) is 6.23. The predicted octanol–water partition coefficient (Wildman–Crippen LogP) is 5.75. The number of Topliss-reactive ketones (excluding diaryl/α,β-unsaturated/α-hetero) is 1. The van der Waals surface area contributed by atoms with E-state index in [-0.39, 0.29) is 30.7 Å². The molecular formula is C29H25F2NO5S. The molecule has 0 radical (unpaired) electrons. The summed E-state index contributed by atoms with van der Waals surface area (Å²) in [4.78, 5) is 43.0. The van der Waals surface area contributed by atoms with Crippen molar-refractivity contribution in [1.82, 2.24) is 0 Å². The van der Waals surface area contributed by atoms with Crippen molar-refractivity contribution in [2.45, 2.75) is 31.6 Å². The van der Waals surface area contributed by atoms with Crippen molar-refractivity contribution in [2.75, 3.05) is 18.6 Å². The fourth-order valence-electron chi connectivity index (χ4n) is 5.37. The highest BCUT2D eigenvalue weighted by molar-refractivity contribution is 7.10. The average molecular weight is 538 g/mol. The zero-order chi connectivity index (χ0) is 27.0. The van der Waals surface area contributed by atoms with E-state index < -0.39 is 47.0 Å². The van der Waals surface area contributed by atoms with Crippen LogP contribution in [0.4, 0.5) is 14.5 Å². The maximum absolute atomic E-state index is 15.0. The van der Waals surface area contributed by atoms with E-state index in [9.17, 15) is 18.8 Å². The molecule has 1 aliphatic carbocycles. The first-order valence-corrected chi connectivity index (χ1v) is 13.1. The number of hydrogen-bond acceptors (Lipinski definition) is 6. The van der Waals surface area contributed by atoms with Gasteiger partial charge in [-0.05, 0) is 54.6 Å². The first kappa shape index (κ1) is 25.8. The molecule has 1 aromatic heterocycles. The van der Waals surface area contributed by atoms with Crippen molar-refractivity contribution < 1.29 is 32.6 Å². The number of thiophene rings is 1. The second-order valence-corrected chi connectivity index (χ2v) is 10.1. The maximum atomic E-state index is 15.0. The molecule has 1 aliphatic heterocycles. The molecule has 3 atom stereocenters. The van der Waals surface area contributed by atoms with Crippen molar-refractivity contribution in [2.24, 2.45) is 5.92 Å². The zero-order valence-electron chi connectivity index (χ0n) is 20.8. The number of hydrogen-bond donors (Lipinski definition) is 0. The number of carbonyl (C=O) groups is 3. The van der Waals surface area contributed by atoms with Gasteiger partial charge in [-0.1, -0.05) is 18.2 Å². The summed E-state index contributed by atoms with van der Waals surface area (Å²) in [7, 11) is 1.54. The molecule has 2 aromatic carbocycles. The summed E-state index contributed by atoms with van der Waals surface area (Å²) in [5.74, 6) is -4.97. The van der Waals surface area contributed by atoms with Gasteiger partial charge in [-0.2, -0.15) is 0 Å². The Bertz CT molecular complexity index is 1420. The van der Waals surface area contributed by atoms with E-state index in [1.165, 1.54) is 29.4 Å². The van der Waals surface area contributed by atoms with E-state index in [1.54, 1.807) is 31.2 Å². The van der Waals surface area contributed by atoms with E-state index in [1.807, 2.05) is 17.5 Å². The van der Waals surface area contributed by atoms with Crippen LogP contribution in [0.15, 0.2) is 71.2 Å². The fraction of sp³-hybridized carbons (Fsp3) is 0.276. The molecule has 0 unspecified atom stereocenters. The predicted molar refractivity (Wildman–Crippen MR) is 138 cm³/mol. The molecular weight excluding hydrogens is 512 g/mol. The number of anilines is 1. The van der Waals surface area contributed by atoms with Crippen LogP contribution >= 0.6 is 11.3 Å². The minimum Gasteiger partial charge on any atom is -0.497 e. The van der Waals surface area contributed by atoms with Gasteiger partial charge in [0.25, 0.3) is 0 Å². The number of rotatable bonds is 6. The Morgan fingerprint density at radius 3 is 2.47 bits per heavy atom. The van der Waals surface area contributed by atoms with Crippen LogP contribution in [0.2, 0.25) is 0 Å². The van der Waals surface area contributed by atoms with Gasteiger partial charge in [0.1, 0.15) is 23.3 Å². The monoisotopic (exact) mass is 537 g/mol. The summed E-state index contributed by atoms with van der Waals surface area (Å²) in [6.45, 7) is 1.79. The summed E-state index contributed by atoms with van der Waals surface area (Å²) in [5.41, 5.74) is 1.14. The summed E-state index contributed by atoms with van der Waals surface area (Å²) >= 11 is 1.39. The van der Waals surface area contributed by atoms with E-state index in [2.05, 4.69) is 0 Å². The molecule has 5 rings (SSSR count). The number of methoxy groups -OCH3 is 1. The number of esters is 1. The highest BCUT2D eigenvalue weighted by atomic mass is 32.1. The topological polar surface area (TPSA) is 72.9 Å². The van der Waals surface area contributed by atoms with E-state index >= 15 is 4.39 Å². The molecule has 196 valence electrons. The molecule has 38 heavy (non-hydrogen) atoms. The van der Waals surface area contributed by atoms with Gasteiger partial charge in [0.2, 0.25) is 5.91 Å². The number of amides is 1. The van der Waals surface area contributed by atoms with Gasteiger partial charge in [-0.25, -0.2) is 8.78 Å². The van der Waals surface area contributed by atoms with Crippen molar-refractivity contribution in [3.8, 4) is 5.75 Å². The molecule has 6 nitrogen and oxygen atoms in total. The Morgan fingerprint density at radius 2 is 1.84 bits per heavy atom. The smallest absolute Gasteiger partial charge is 0.317 e. The normalized spacial score (nSPS) is 21.4. The number of allylic oxidation sites excluding steroid dienone is 2. The number of ketones is 1. The molecule has 0 saturated carbocycles. The summed E-state index contributed by atoms with van der Waals surface area (Å²) in [6, 6.07) is 13.6. The zero-order valence-corrected chi connectivity index (χ0v) is 21.6.